The molecule has 0 aliphatic heterocycles. The molecule has 1 fully saturated rings. The Morgan fingerprint density at radius 1 is 1.50 bits per heavy atom. The van der Waals surface area contributed by atoms with Crippen molar-refractivity contribution in [2.24, 2.45) is 5.41 Å². The molecule has 0 spiro atoms. The van der Waals surface area contributed by atoms with E-state index in [-0.39, 0.29) is 11.9 Å². The Labute approximate surface area is 108 Å². The Morgan fingerprint density at radius 3 is 2.72 bits per heavy atom. The lowest BCUT2D eigenvalue weighted by atomic mass is 10.1. The fraction of sp³-hybridized carbons (Fsp3) is 0.545. The molecule has 1 N–H and O–H groups in total. The second-order valence-corrected chi connectivity index (χ2v) is 4.99. The topological polar surface area (TPSA) is 77.5 Å². The second-order valence-electron chi connectivity index (χ2n) is 4.19. The van der Waals surface area contributed by atoms with Crippen LogP contribution in [0.15, 0.2) is 6.07 Å². The summed E-state index contributed by atoms with van der Waals surface area (Å²) in [6.07, 6.45) is 1.51. The average molecular weight is 270 g/mol. The highest BCUT2D eigenvalue weighted by Crippen LogP contribution is 2.46. The number of carbonyl (C=O) groups excluding carboxylic acids is 2. The maximum absolute atomic E-state index is 11.8. The maximum atomic E-state index is 11.8. The third kappa shape index (κ3) is 2.45. The highest BCUT2D eigenvalue weighted by atomic mass is 32.1. The van der Waals surface area contributed by atoms with E-state index < -0.39 is 5.41 Å². The van der Waals surface area contributed by atoms with Gasteiger partial charge in [-0.15, -0.1) is 0 Å². The van der Waals surface area contributed by atoms with Gasteiger partial charge in [-0.25, -0.2) is 0 Å². The molecular formula is C11H14N2O4S. The largest absolute Gasteiger partial charge is 0.480 e. The van der Waals surface area contributed by atoms with Crippen molar-refractivity contribution in [3.8, 4) is 5.88 Å². The van der Waals surface area contributed by atoms with Gasteiger partial charge in [0.2, 0.25) is 5.88 Å². The molecule has 0 saturated heterocycles. The van der Waals surface area contributed by atoms with E-state index in [0.29, 0.717) is 17.3 Å². The molecule has 1 heterocycles. The lowest BCUT2D eigenvalue weighted by Gasteiger charge is -2.12. The Morgan fingerprint density at radius 2 is 2.22 bits per heavy atom. The van der Waals surface area contributed by atoms with Crippen molar-refractivity contribution in [1.29, 1.82) is 0 Å². The SMILES string of the molecule is COC(=O)C1(CNC(=O)c2cc(OC)ns2)CC1. The summed E-state index contributed by atoms with van der Waals surface area (Å²) in [6, 6.07) is 1.57. The number of hydrogen-bond donors (Lipinski definition) is 1. The van der Waals surface area contributed by atoms with Crippen molar-refractivity contribution < 1.29 is 19.1 Å². The quantitative estimate of drug-likeness (QED) is 0.802. The molecule has 18 heavy (non-hydrogen) atoms. The van der Waals surface area contributed by atoms with Gasteiger partial charge < -0.3 is 14.8 Å². The van der Waals surface area contributed by atoms with Gasteiger partial charge in [-0.2, -0.15) is 4.37 Å². The Kier molecular flexibility index (Phi) is 3.51. The number of ether oxygens (including phenoxy) is 2. The molecule has 0 aromatic carbocycles. The van der Waals surface area contributed by atoms with Crippen LogP contribution < -0.4 is 10.1 Å². The fourth-order valence-corrected chi connectivity index (χ4v) is 2.24. The third-order valence-electron chi connectivity index (χ3n) is 2.98. The van der Waals surface area contributed by atoms with Crippen LogP contribution in [0.2, 0.25) is 0 Å². The normalized spacial score (nSPS) is 15.9. The number of amides is 1. The predicted molar refractivity (Wildman–Crippen MR) is 64.7 cm³/mol. The number of nitrogens with zero attached hydrogens (tertiary/aromatic N) is 1. The van der Waals surface area contributed by atoms with Gasteiger partial charge in [0.1, 0.15) is 4.88 Å². The van der Waals surface area contributed by atoms with Crippen LogP contribution in [0.25, 0.3) is 0 Å². The highest BCUT2D eigenvalue weighted by Gasteiger charge is 2.51. The molecule has 1 aliphatic carbocycles. The molecule has 0 unspecified atom stereocenters. The maximum Gasteiger partial charge on any atom is 0.313 e. The van der Waals surface area contributed by atoms with Crippen LogP contribution in [-0.2, 0) is 9.53 Å². The zero-order chi connectivity index (χ0) is 13.2. The van der Waals surface area contributed by atoms with Crippen LogP contribution in [0.1, 0.15) is 22.5 Å². The minimum absolute atomic E-state index is 0.244. The van der Waals surface area contributed by atoms with Crippen LogP contribution in [0.5, 0.6) is 5.88 Å². The summed E-state index contributed by atoms with van der Waals surface area (Å²) < 4.78 is 13.6. The molecule has 1 aromatic heterocycles. The first-order valence-corrected chi connectivity index (χ1v) is 6.26. The van der Waals surface area contributed by atoms with E-state index in [1.54, 1.807) is 6.07 Å². The minimum atomic E-state index is -0.515. The zero-order valence-corrected chi connectivity index (χ0v) is 11.0. The number of aromatic nitrogens is 1. The molecule has 0 radical (unpaired) electrons. The van der Waals surface area contributed by atoms with E-state index >= 15 is 0 Å². The van der Waals surface area contributed by atoms with Gasteiger partial charge in [0.05, 0.1) is 19.6 Å². The standard InChI is InChI=1S/C11H14N2O4S/c1-16-8-5-7(18-13-8)9(14)12-6-11(3-4-11)10(15)17-2/h5H,3-4,6H2,1-2H3,(H,12,14). The number of hydrogen-bond acceptors (Lipinski definition) is 6. The lowest BCUT2D eigenvalue weighted by Crippen LogP contribution is -2.34. The molecule has 0 atom stereocenters. The van der Waals surface area contributed by atoms with E-state index in [4.69, 9.17) is 9.47 Å². The summed E-state index contributed by atoms with van der Waals surface area (Å²) in [5, 5.41) is 2.73. The minimum Gasteiger partial charge on any atom is -0.480 e. The van der Waals surface area contributed by atoms with Gasteiger partial charge in [-0.05, 0) is 24.4 Å². The first-order valence-electron chi connectivity index (χ1n) is 5.48. The number of nitrogens with one attached hydrogen (secondary N) is 1. The van der Waals surface area contributed by atoms with Crippen molar-refractivity contribution in [1.82, 2.24) is 9.69 Å². The molecular weight excluding hydrogens is 256 g/mol. The van der Waals surface area contributed by atoms with Gasteiger partial charge in [-0.1, -0.05) is 0 Å². The lowest BCUT2D eigenvalue weighted by molar-refractivity contribution is -0.146. The average Bonchev–Trinajstić information content (AvgIpc) is 3.03. The van der Waals surface area contributed by atoms with E-state index in [1.807, 2.05) is 0 Å². The Balaban J connectivity index is 1.91. The van der Waals surface area contributed by atoms with Crippen molar-refractivity contribution in [3.05, 3.63) is 10.9 Å². The number of carbonyl (C=O) groups is 2. The van der Waals surface area contributed by atoms with Crippen molar-refractivity contribution in [3.63, 3.8) is 0 Å². The second kappa shape index (κ2) is 4.93. The van der Waals surface area contributed by atoms with Crippen molar-refractivity contribution in [2.75, 3.05) is 20.8 Å². The van der Waals surface area contributed by atoms with E-state index in [0.717, 1.165) is 24.4 Å². The Hall–Kier alpha value is -1.63. The summed E-state index contributed by atoms with van der Waals surface area (Å²) >= 11 is 1.06. The molecule has 98 valence electrons. The van der Waals surface area contributed by atoms with E-state index in [9.17, 15) is 9.59 Å². The third-order valence-corrected chi connectivity index (χ3v) is 3.75. The smallest absolute Gasteiger partial charge is 0.313 e. The zero-order valence-electron chi connectivity index (χ0n) is 10.2. The molecule has 7 heteroatoms. The van der Waals surface area contributed by atoms with Gasteiger partial charge in [0.25, 0.3) is 5.91 Å². The molecule has 1 amide bonds. The summed E-state index contributed by atoms with van der Waals surface area (Å²) in [5.41, 5.74) is -0.515. The molecule has 1 aliphatic rings. The van der Waals surface area contributed by atoms with Crippen LogP contribution in [0.3, 0.4) is 0 Å². The summed E-state index contributed by atoms with van der Waals surface area (Å²) in [5.74, 6) is -0.0880. The fourth-order valence-electron chi connectivity index (χ4n) is 1.62. The van der Waals surface area contributed by atoms with Gasteiger partial charge in [0, 0.05) is 12.6 Å². The molecule has 1 saturated carbocycles. The van der Waals surface area contributed by atoms with E-state index in [1.165, 1.54) is 14.2 Å². The van der Waals surface area contributed by atoms with Crippen molar-refractivity contribution >= 4 is 23.4 Å². The molecule has 1 aromatic rings. The Bertz CT molecular complexity index is 467. The van der Waals surface area contributed by atoms with Crippen molar-refractivity contribution in [2.45, 2.75) is 12.8 Å². The van der Waals surface area contributed by atoms with Gasteiger partial charge in [-0.3, -0.25) is 9.59 Å². The first kappa shape index (κ1) is 12.8. The summed E-state index contributed by atoms with van der Waals surface area (Å²) in [6.45, 7) is 0.304. The van der Waals surface area contributed by atoms with E-state index in [2.05, 4.69) is 9.69 Å². The molecule has 2 rings (SSSR count). The van der Waals surface area contributed by atoms with Crippen LogP contribution in [-0.4, -0.2) is 37.0 Å². The van der Waals surface area contributed by atoms with Gasteiger partial charge >= 0.3 is 5.97 Å². The molecule has 6 nitrogen and oxygen atoms in total. The monoisotopic (exact) mass is 270 g/mol. The number of esters is 1. The highest BCUT2D eigenvalue weighted by molar-refractivity contribution is 7.08. The number of rotatable bonds is 5. The summed E-state index contributed by atoms with van der Waals surface area (Å²) in [4.78, 5) is 23.8. The summed E-state index contributed by atoms with van der Waals surface area (Å²) in [7, 11) is 2.85. The first-order chi connectivity index (χ1) is 8.61. The molecule has 0 bridgehead atoms. The predicted octanol–water partition coefficient (Wildman–Crippen LogP) is 0.835. The van der Waals surface area contributed by atoms with Crippen LogP contribution in [0, 0.1) is 5.41 Å². The van der Waals surface area contributed by atoms with Crippen LogP contribution in [0.4, 0.5) is 0 Å². The van der Waals surface area contributed by atoms with Crippen LogP contribution >= 0.6 is 11.5 Å². The van der Waals surface area contributed by atoms with Gasteiger partial charge in [0.15, 0.2) is 0 Å². The number of methoxy groups -OCH3 is 2.